The smallest absolute Gasteiger partial charge is 0.254 e. The van der Waals surface area contributed by atoms with Gasteiger partial charge in [-0.3, -0.25) is 4.79 Å². The SMILES string of the molecule is O=C(c1ccc2nsnc2c1)N1CC(S(=O)(=O)Cc2ccco2)C1. The summed E-state index contributed by atoms with van der Waals surface area (Å²) in [4.78, 5) is 14.0. The molecule has 1 aromatic carbocycles. The zero-order chi connectivity index (χ0) is 16.7. The van der Waals surface area contributed by atoms with Gasteiger partial charge in [0.25, 0.3) is 5.91 Å². The van der Waals surface area contributed by atoms with Crippen molar-refractivity contribution in [2.45, 2.75) is 11.0 Å². The molecule has 4 rings (SSSR count). The van der Waals surface area contributed by atoms with E-state index in [4.69, 9.17) is 4.42 Å². The highest BCUT2D eigenvalue weighted by Crippen LogP contribution is 2.23. The Bertz CT molecular complexity index is 989. The maximum absolute atomic E-state index is 12.4. The summed E-state index contributed by atoms with van der Waals surface area (Å²) in [6.45, 7) is 0.407. The lowest BCUT2D eigenvalue weighted by atomic mass is 10.1. The average molecular weight is 363 g/mol. The van der Waals surface area contributed by atoms with Gasteiger partial charge in [-0.05, 0) is 30.3 Å². The van der Waals surface area contributed by atoms with Gasteiger partial charge in [0.2, 0.25) is 0 Å². The Morgan fingerprint density at radius 1 is 1.25 bits per heavy atom. The number of carbonyl (C=O) groups is 1. The van der Waals surface area contributed by atoms with E-state index in [9.17, 15) is 13.2 Å². The first-order valence-corrected chi connectivity index (χ1v) is 9.73. The van der Waals surface area contributed by atoms with Crippen molar-refractivity contribution in [3.8, 4) is 0 Å². The third-order valence-corrected chi connectivity index (χ3v) is 6.62. The molecular weight excluding hydrogens is 350 g/mol. The zero-order valence-electron chi connectivity index (χ0n) is 12.5. The Morgan fingerprint density at radius 3 is 2.79 bits per heavy atom. The Hall–Kier alpha value is -2.26. The lowest BCUT2D eigenvalue weighted by Gasteiger charge is -2.38. The molecule has 0 spiro atoms. The van der Waals surface area contributed by atoms with Crippen molar-refractivity contribution in [3.63, 3.8) is 0 Å². The Labute approximate surface area is 142 Å². The first-order chi connectivity index (χ1) is 11.5. The van der Waals surface area contributed by atoms with Crippen molar-refractivity contribution >= 4 is 38.5 Å². The van der Waals surface area contributed by atoms with Gasteiger partial charge in [-0.2, -0.15) is 8.75 Å². The molecule has 9 heteroatoms. The Balaban J connectivity index is 1.43. The fourth-order valence-electron chi connectivity index (χ4n) is 2.64. The van der Waals surface area contributed by atoms with Gasteiger partial charge in [-0.15, -0.1) is 0 Å². The van der Waals surface area contributed by atoms with E-state index in [-0.39, 0.29) is 24.7 Å². The van der Waals surface area contributed by atoms with Crippen molar-refractivity contribution in [3.05, 3.63) is 47.9 Å². The molecule has 1 aliphatic rings. The van der Waals surface area contributed by atoms with Gasteiger partial charge in [0.1, 0.15) is 22.5 Å². The second-order valence-electron chi connectivity index (χ2n) is 5.69. The van der Waals surface area contributed by atoms with E-state index in [2.05, 4.69) is 8.75 Å². The fraction of sp³-hybridized carbons (Fsp3) is 0.267. The molecule has 124 valence electrons. The van der Waals surface area contributed by atoms with E-state index >= 15 is 0 Å². The molecule has 1 amide bonds. The maximum Gasteiger partial charge on any atom is 0.254 e. The van der Waals surface area contributed by atoms with Crippen LogP contribution in [0.1, 0.15) is 16.1 Å². The lowest BCUT2D eigenvalue weighted by molar-refractivity contribution is 0.0659. The molecule has 0 N–H and O–H groups in total. The normalized spacial score (nSPS) is 15.6. The van der Waals surface area contributed by atoms with Gasteiger partial charge in [0, 0.05) is 18.7 Å². The summed E-state index contributed by atoms with van der Waals surface area (Å²) in [6.07, 6.45) is 1.45. The number of likely N-dealkylation sites (tertiary alicyclic amines) is 1. The largest absolute Gasteiger partial charge is 0.468 e. The number of carbonyl (C=O) groups excluding carboxylic acids is 1. The summed E-state index contributed by atoms with van der Waals surface area (Å²) in [5.74, 6) is 0.0963. The predicted molar refractivity (Wildman–Crippen MR) is 88.4 cm³/mol. The van der Waals surface area contributed by atoms with Crippen LogP contribution in [0.5, 0.6) is 0 Å². The second-order valence-corrected chi connectivity index (χ2v) is 8.50. The molecule has 0 bridgehead atoms. The lowest BCUT2D eigenvalue weighted by Crippen LogP contribution is -2.57. The van der Waals surface area contributed by atoms with Gasteiger partial charge in [-0.25, -0.2) is 8.42 Å². The van der Waals surface area contributed by atoms with E-state index in [1.807, 2.05) is 0 Å². The number of rotatable bonds is 4. The Morgan fingerprint density at radius 2 is 2.04 bits per heavy atom. The van der Waals surface area contributed by atoms with E-state index in [1.54, 1.807) is 30.3 Å². The summed E-state index contributed by atoms with van der Waals surface area (Å²) in [5.41, 5.74) is 1.92. The van der Waals surface area contributed by atoms with E-state index in [1.165, 1.54) is 11.2 Å². The molecule has 0 atom stereocenters. The highest BCUT2D eigenvalue weighted by atomic mass is 32.2. The van der Waals surface area contributed by atoms with Crippen LogP contribution in [-0.2, 0) is 15.6 Å². The molecule has 0 unspecified atom stereocenters. The van der Waals surface area contributed by atoms with Crippen LogP contribution in [0.3, 0.4) is 0 Å². The summed E-state index contributed by atoms with van der Waals surface area (Å²) in [5, 5.41) is -0.545. The first-order valence-electron chi connectivity index (χ1n) is 7.28. The number of fused-ring (bicyclic) bond motifs is 1. The number of hydrogen-bond donors (Lipinski definition) is 0. The number of amides is 1. The van der Waals surface area contributed by atoms with Crippen molar-refractivity contribution < 1.29 is 17.6 Å². The molecule has 1 fully saturated rings. The van der Waals surface area contributed by atoms with Crippen LogP contribution in [0.2, 0.25) is 0 Å². The van der Waals surface area contributed by atoms with Crippen molar-refractivity contribution in [1.29, 1.82) is 0 Å². The summed E-state index contributed by atoms with van der Waals surface area (Å²) >= 11 is 1.09. The van der Waals surface area contributed by atoms with Gasteiger partial charge >= 0.3 is 0 Å². The number of hydrogen-bond acceptors (Lipinski definition) is 7. The monoisotopic (exact) mass is 363 g/mol. The number of sulfone groups is 1. The van der Waals surface area contributed by atoms with Crippen LogP contribution in [0.4, 0.5) is 0 Å². The molecule has 1 saturated heterocycles. The van der Waals surface area contributed by atoms with Crippen LogP contribution in [-0.4, -0.2) is 46.3 Å². The van der Waals surface area contributed by atoms with Gasteiger partial charge in [0.15, 0.2) is 9.84 Å². The van der Waals surface area contributed by atoms with Crippen LogP contribution in [0, 0.1) is 0 Å². The molecule has 3 heterocycles. The van der Waals surface area contributed by atoms with Crippen LogP contribution >= 0.6 is 11.7 Å². The van der Waals surface area contributed by atoms with E-state index in [0.29, 0.717) is 16.8 Å². The molecular formula is C15H13N3O4S2. The topological polar surface area (TPSA) is 93.4 Å². The van der Waals surface area contributed by atoms with Crippen molar-refractivity contribution in [1.82, 2.24) is 13.6 Å². The number of benzene rings is 1. The van der Waals surface area contributed by atoms with Crippen molar-refractivity contribution in [2.75, 3.05) is 13.1 Å². The molecule has 0 aliphatic carbocycles. The minimum Gasteiger partial charge on any atom is -0.468 e. The first kappa shape index (κ1) is 15.3. The van der Waals surface area contributed by atoms with Crippen LogP contribution < -0.4 is 0 Å². The summed E-state index contributed by atoms with van der Waals surface area (Å²) < 4.78 is 37.9. The number of nitrogens with zero attached hydrogens (tertiary/aromatic N) is 3. The summed E-state index contributed by atoms with van der Waals surface area (Å²) in [7, 11) is -3.33. The van der Waals surface area contributed by atoms with E-state index in [0.717, 1.165) is 17.2 Å². The fourth-order valence-corrected chi connectivity index (χ4v) is 4.77. The highest BCUT2D eigenvalue weighted by molar-refractivity contribution is 7.91. The standard InChI is InChI=1S/C15H13N3O4S2/c19-15(10-3-4-13-14(6-10)17-23-16-13)18-7-12(8-18)24(20,21)9-11-2-1-5-22-11/h1-6,12H,7-9H2. The molecule has 1 aliphatic heterocycles. The molecule has 0 saturated carbocycles. The van der Waals surface area contributed by atoms with E-state index < -0.39 is 15.1 Å². The average Bonchev–Trinajstić information content (AvgIpc) is 3.14. The summed E-state index contributed by atoms with van der Waals surface area (Å²) in [6, 6.07) is 8.42. The Kier molecular flexibility index (Phi) is 3.61. The van der Waals surface area contributed by atoms with Crippen LogP contribution in [0.15, 0.2) is 41.0 Å². The highest BCUT2D eigenvalue weighted by Gasteiger charge is 2.40. The zero-order valence-corrected chi connectivity index (χ0v) is 14.1. The maximum atomic E-state index is 12.4. The van der Waals surface area contributed by atoms with Crippen molar-refractivity contribution in [2.24, 2.45) is 0 Å². The van der Waals surface area contributed by atoms with Gasteiger partial charge < -0.3 is 9.32 Å². The number of furan rings is 1. The molecule has 24 heavy (non-hydrogen) atoms. The molecule has 2 aromatic heterocycles. The molecule has 3 aromatic rings. The minimum absolute atomic E-state index is 0.136. The van der Waals surface area contributed by atoms with Gasteiger partial charge in [0.05, 0.1) is 23.2 Å². The van der Waals surface area contributed by atoms with Crippen LogP contribution in [0.25, 0.3) is 11.0 Å². The second kappa shape index (κ2) is 5.67. The third-order valence-electron chi connectivity index (χ3n) is 4.07. The third kappa shape index (κ3) is 2.69. The minimum atomic E-state index is -3.33. The quantitative estimate of drug-likeness (QED) is 0.701. The predicted octanol–water partition coefficient (Wildman–Crippen LogP) is 1.72. The number of aromatic nitrogens is 2. The van der Waals surface area contributed by atoms with Gasteiger partial charge in [-0.1, -0.05) is 0 Å². The molecule has 7 nitrogen and oxygen atoms in total. The molecule has 0 radical (unpaired) electrons.